The molecule has 0 atom stereocenters. The van der Waals surface area contributed by atoms with Crippen LogP contribution in [0.25, 0.3) is 0 Å². The van der Waals surface area contributed by atoms with Gasteiger partial charge in [0.2, 0.25) is 0 Å². The van der Waals surface area contributed by atoms with Crippen molar-refractivity contribution in [3.8, 4) is 0 Å². The van der Waals surface area contributed by atoms with Crippen LogP contribution in [-0.4, -0.2) is 27.1 Å². The van der Waals surface area contributed by atoms with Crippen molar-refractivity contribution in [2.24, 2.45) is 0 Å². The number of hydrogen-bond donors (Lipinski definition) is 0. The van der Waals surface area contributed by atoms with Gasteiger partial charge in [-0.3, -0.25) is 0 Å². The lowest BCUT2D eigenvalue weighted by molar-refractivity contribution is -0.0156. The Morgan fingerprint density at radius 3 is 1.23 bits per heavy atom. The molecule has 0 saturated heterocycles. The molecule has 1 radical (unpaired) electrons. The van der Waals surface area contributed by atoms with Crippen molar-refractivity contribution in [2.75, 3.05) is 0 Å². The zero-order chi connectivity index (χ0) is 15.3. The van der Waals surface area contributed by atoms with Gasteiger partial charge in [-0.25, -0.2) is 0 Å². The van der Waals surface area contributed by atoms with Gasteiger partial charge in [-0.1, -0.05) is 45.4 Å². The summed E-state index contributed by atoms with van der Waals surface area (Å²) in [5.41, 5.74) is 0. The summed E-state index contributed by atoms with van der Waals surface area (Å²) in [5.74, 6) is 0. The highest BCUT2D eigenvalue weighted by molar-refractivity contribution is 6.60. The molecule has 0 unspecified atom stereocenters. The summed E-state index contributed by atoms with van der Waals surface area (Å²) in [7, 11) is -2.55. The van der Waals surface area contributed by atoms with E-state index < -0.39 is 8.80 Å². The molecule has 3 fully saturated rings. The zero-order valence-electron chi connectivity index (χ0n) is 14.1. The first-order valence-electron chi connectivity index (χ1n) is 9.62. The predicted molar refractivity (Wildman–Crippen MR) is 90.6 cm³/mol. The first kappa shape index (κ1) is 16.9. The van der Waals surface area contributed by atoms with Gasteiger partial charge in [0.25, 0.3) is 0 Å². The van der Waals surface area contributed by atoms with Crippen LogP contribution in [0.3, 0.4) is 0 Å². The van der Waals surface area contributed by atoms with Crippen LogP contribution in [-0.2, 0) is 13.3 Å². The quantitative estimate of drug-likeness (QED) is 0.586. The Kier molecular flexibility index (Phi) is 6.37. The summed E-state index contributed by atoms with van der Waals surface area (Å²) in [5, 5.41) is 0. The van der Waals surface area contributed by atoms with Crippen LogP contribution in [0.5, 0.6) is 0 Å². The van der Waals surface area contributed by atoms with Gasteiger partial charge in [-0.15, -0.1) is 0 Å². The standard InChI is InChI=1S/C18H33O3Si/c1-2-15-22(19-16-9-3-4-10-16,20-17-11-5-6-12-17)21-18-13-7-8-14-18/h16-18H,1-15H2. The van der Waals surface area contributed by atoms with Gasteiger partial charge in [0.05, 0.1) is 0 Å². The Hall–Kier alpha value is 0.0969. The molecule has 3 aliphatic rings. The fraction of sp³-hybridized carbons (Fsp3) is 0.944. The Bertz CT molecular complexity index is 273. The summed E-state index contributed by atoms with van der Waals surface area (Å²) in [6, 6.07) is 0.899. The van der Waals surface area contributed by atoms with Crippen molar-refractivity contribution in [2.45, 2.75) is 108 Å². The van der Waals surface area contributed by atoms with Crippen LogP contribution in [0.2, 0.25) is 6.04 Å². The molecule has 3 rings (SSSR count). The lowest BCUT2D eigenvalue weighted by atomic mass is 10.3. The first-order chi connectivity index (χ1) is 10.8. The Morgan fingerprint density at radius 2 is 0.955 bits per heavy atom. The largest absolute Gasteiger partial charge is 0.501 e. The van der Waals surface area contributed by atoms with E-state index in [0.29, 0.717) is 18.3 Å². The summed E-state index contributed by atoms with van der Waals surface area (Å²) in [4.78, 5) is 0. The van der Waals surface area contributed by atoms with E-state index in [2.05, 4.69) is 6.92 Å². The molecule has 0 N–H and O–H groups in total. The fourth-order valence-electron chi connectivity index (χ4n) is 4.26. The first-order valence-corrected chi connectivity index (χ1v) is 11.6. The maximum atomic E-state index is 6.62. The van der Waals surface area contributed by atoms with E-state index in [1.807, 2.05) is 0 Å². The minimum absolute atomic E-state index is 0.376. The zero-order valence-corrected chi connectivity index (χ0v) is 15.1. The van der Waals surface area contributed by atoms with E-state index >= 15 is 0 Å². The van der Waals surface area contributed by atoms with Crippen LogP contribution in [0, 0.1) is 6.92 Å². The molecule has 0 aliphatic heterocycles. The van der Waals surface area contributed by atoms with E-state index in [-0.39, 0.29) is 0 Å². The van der Waals surface area contributed by atoms with Crippen LogP contribution in [0.4, 0.5) is 0 Å². The molecule has 3 saturated carbocycles. The molecule has 4 heteroatoms. The Balaban J connectivity index is 1.68. The van der Waals surface area contributed by atoms with E-state index in [4.69, 9.17) is 13.3 Å². The molecular formula is C18H33O3Si. The summed E-state index contributed by atoms with van der Waals surface area (Å²) in [6.07, 6.45) is 16.9. The third-order valence-electron chi connectivity index (χ3n) is 5.43. The highest BCUT2D eigenvalue weighted by Crippen LogP contribution is 2.35. The van der Waals surface area contributed by atoms with Crippen LogP contribution in [0.15, 0.2) is 0 Å². The van der Waals surface area contributed by atoms with Crippen LogP contribution < -0.4 is 0 Å². The lowest BCUT2D eigenvalue weighted by Crippen LogP contribution is -2.51. The average molecular weight is 326 g/mol. The second-order valence-corrected chi connectivity index (χ2v) is 9.93. The Morgan fingerprint density at radius 1 is 0.636 bits per heavy atom. The SMILES string of the molecule is [CH2]CC[Si](OC1CCCC1)(OC1CCCC1)OC1CCCC1. The smallest absolute Gasteiger partial charge is 0.370 e. The highest BCUT2D eigenvalue weighted by Gasteiger charge is 2.47. The molecular weight excluding hydrogens is 292 g/mol. The molecule has 0 aromatic carbocycles. The van der Waals surface area contributed by atoms with Gasteiger partial charge < -0.3 is 13.3 Å². The maximum absolute atomic E-state index is 6.62. The van der Waals surface area contributed by atoms with E-state index in [9.17, 15) is 0 Å². The van der Waals surface area contributed by atoms with E-state index in [1.165, 1.54) is 77.0 Å². The van der Waals surface area contributed by atoms with Crippen LogP contribution in [0.1, 0.15) is 83.5 Å². The van der Waals surface area contributed by atoms with Gasteiger partial charge in [0.1, 0.15) is 0 Å². The van der Waals surface area contributed by atoms with Crippen molar-refractivity contribution >= 4 is 8.80 Å². The monoisotopic (exact) mass is 325 g/mol. The number of hydrogen-bond acceptors (Lipinski definition) is 3. The van der Waals surface area contributed by atoms with E-state index in [0.717, 1.165) is 12.5 Å². The summed E-state index contributed by atoms with van der Waals surface area (Å²) >= 11 is 0. The minimum Gasteiger partial charge on any atom is -0.370 e. The third-order valence-corrected chi connectivity index (χ3v) is 8.47. The molecule has 22 heavy (non-hydrogen) atoms. The van der Waals surface area contributed by atoms with Gasteiger partial charge >= 0.3 is 8.80 Å². The minimum atomic E-state index is -2.55. The lowest BCUT2D eigenvalue weighted by Gasteiger charge is -2.36. The van der Waals surface area contributed by atoms with Crippen molar-refractivity contribution < 1.29 is 13.3 Å². The maximum Gasteiger partial charge on any atom is 0.501 e. The topological polar surface area (TPSA) is 27.7 Å². The van der Waals surface area contributed by atoms with E-state index in [1.54, 1.807) is 0 Å². The highest BCUT2D eigenvalue weighted by atomic mass is 28.4. The van der Waals surface area contributed by atoms with Crippen molar-refractivity contribution in [1.82, 2.24) is 0 Å². The molecule has 0 amide bonds. The number of rotatable bonds is 8. The molecule has 0 aromatic rings. The summed E-state index contributed by atoms with van der Waals surface area (Å²) in [6.45, 7) is 4.09. The average Bonchev–Trinajstić information content (AvgIpc) is 3.22. The second kappa shape index (κ2) is 8.27. The molecule has 127 valence electrons. The van der Waals surface area contributed by atoms with Crippen molar-refractivity contribution in [1.29, 1.82) is 0 Å². The van der Waals surface area contributed by atoms with Crippen molar-refractivity contribution in [3.63, 3.8) is 0 Å². The molecule has 0 heterocycles. The Labute approximate surface area is 137 Å². The summed E-state index contributed by atoms with van der Waals surface area (Å²) < 4.78 is 19.9. The van der Waals surface area contributed by atoms with Crippen molar-refractivity contribution in [3.05, 3.63) is 6.92 Å². The van der Waals surface area contributed by atoms with Gasteiger partial charge in [-0.05, 0) is 44.9 Å². The molecule has 0 aromatic heterocycles. The molecule has 3 aliphatic carbocycles. The van der Waals surface area contributed by atoms with Gasteiger partial charge in [0.15, 0.2) is 0 Å². The van der Waals surface area contributed by atoms with Crippen LogP contribution >= 0.6 is 0 Å². The normalized spacial score (nSPS) is 25.5. The van der Waals surface area contributed by atoms with Gasteiger partial charge in [-0.2, -0.15) is 0 Å². The fourth-order valence-corrected chi connectivity index (χ4v) is 7.44. The molecule has 0 spiro atoms. The molecule has 0 bridgehead atoms. The third kappa shape index (κ3) is 4.56. The predicted octanol–water partition coefficient (Wildman–Crippen LogP) is 5.03. The molecule has 3 nitrogen and oxygen atoms in total. The second-order valence-electron chi connectivity index (χ2n) is 7.36. The van der Waals surface area contributed by atoms with Gasteiger partial charge in [0, 0.05) is 24.4 Å².